The fraction of sp³-hybridized carbons (Fsp3) is 0.462. The predicted octanol–water partition coefficient (Wildman–Crippen LogP) is 1.78. The molecule has 1 atom stereocenters. The number of piperazine rings is 1. The van der Waals surface area contributed by atoms with Crippen LogP contribution in [0.4, 0.5) is 10.1 Å². The van der Waals surface area contributed by atoms with Gasteiger partial charge in [0, 0.05) is 36.9 Å². The molecule has 0 radical (unpaired) electrons. The van der Waals surface area contributed by atoms with Crippen LogP contribution in [0, 0.1) is 5.82 Å². The zero-order valence-electron chi connectivity index (χ0n) is 10.2. The van der Waals surface area contributed by atoms with Crippen LogP contribution in [-0.4, -0.2) is 43.9 Å². The zero-order chi connectivity index (χ0) is 12.4. The maximum atomic E-state index is 13.3. The Bertz CT molecular complexity index is 422. The molecule has 1 aliphatic rings. The average Bonchev–Trinajstić information content (AvgIpc) is 2.32. The largest absolute Gasteiger partial charge is 0.369 e. The van der Waals surface area contributed by atoms with Crippen molar-refractivity contribution in [3.63, 3.8) is 0 Å². The molecule has 1 saturated heterocycles. The number of halogens is 1. The van der Waals surface area contributed by atoms with E-state index in [1.165, 1.54) is 12.1 Å². The second-order valence-electron chi connectivity index (χ2n) is 4.64. The summed E-state index contributed by atoms with van der Waals surface area (Å²) in [6.07, 6.45) is 0.687. The third-order valence-electron chi connectivity index (χ3n) is 3.37. The molecule has 3 nitrogen and oxygen atoms in total. The summed E-state index contributed by atoms with van der Waals surface area (Å²) in [6, 6.07) is 4.93. The highest BCUT2D eigenvalue weighted by atomic mass is 19.1. The van der Waals surface area contributed by atoms with Gasteiger partial charge in [-0.25, -0.2) is 4.39 Å². The molecule has 0 spiro atoms. The maximum absolute atomic E-state index is 13.3. The van der Waals surface area contributed by atoms with Crippen LogP contribution in [-0.2, 0) is 0 Å². The van der Waals surface area contributed by atoms with Crippen molar-refractivity contribution in [2.24, 2.45) is 0 Å². The van der Waals surface area contributed by atoms with Crippen LogP contribution < -0.4 is 4.90 Å². The first kappa shape index (κ1) is 12.0. The molecule has 1 fully saturated rings. The summed E-state index contributed by atoms with van der Waals surface area (Å²) in [7, 11) is 2.09. The summed E-state index contributed by atoms with van der Waals surface area (Å²) in [5.41, 5.74) is 1.19. The van der Waals surface area contributed by atoms with Gasteiger partial charge in [0.25, 0.3) is 0 Å². The van der Waals surface area contributed by atoms with E-state index in [9.17, 15) is 9.18 Å². The highest BCUT2D eigenvalue weighted by Crippen LogP contribution is 2.21. The molecule has 1 aliphatic heterocycles. The lowest BCUT2D eigenvalue weighted by Gasteiger charge is -2.39. The van der Waals surface area contributed by atoms with E-state index in [2.05, 4.69) is 23.8 Å². The van der Waals surface area contributed by atoms with Gasteiger partial charge in [0.1, 0.15) is 12.1 Å². The monoisotopic (exact) mass is 236 g/mol. The minimum Gasteiger partial charge on any atom is -0.369 e. The highest BCUT2D eigenvalue weighted by molar-refractivity contribution is 5.77. The van der Waals surface area contributed by atoms with Crippen LogP contribution in [0.5, 0.6) is 0 Å². The van der Waals surface area contributed by atoms with Gasteiger partial charge in [-0.05, 0) is 32.2 Å². The van der Waals surface area contributed by atoms with Crippen LogP contribution >= 0.6 is 0 Å². The summed E-state index contributed by atoms with van der Waals surface area (Å²) in [4.78, 5) is 15.1. The smallest absolute Gasteiger partial charge is 0.150 e. The van der Waals surface area contributed by atoms with Gasteiger partial charge < -0.3 is 9.80 Å². The molecule has 0 N–H and O–H groups in total. The summed E-state index contributed by atoms with van der Waals surface area (Å²) >= 11 is 0. The van der Waals surface area contributed by atoms with Gasteiger partial charge in [0.05, 0.1) is 0 Å². The minimum absolute atomic E-state index is 0.351. The zero-order valence-corrected chi connectivity index (χ0v) is 10.2. The molecule has 0 amide bonds. The number of aldehydes is 1. The first-order valence-electron chi connectivity index (χ1n) is 5.81. The van der Waals surface area contributed by atoms with E-state index in [4.69, 9.17) is 0 Å². The molecule has 92 valence electrons. The van der Waals surface area contributed by atoms with Crippen molar-refractivity contribution in [2.75, 3.05) is 31.6 Å². The Hall–Kier alpha value is -1.42. The van der Waals surface area contributed by atoms with Gasteiger partial charge in [-0.3, -0.25) is 4.79 Å². The second-order valence-corrected chi connectivity index (χ2v) is 4.64. The number of hydrogen-bond acceptors (Lipinski definition) is 3. The Labute approximate surface area is 101 Å². The van der Waals surface area contributed by atoms with Crippen molar-refractivity contribution in [1.82, 2.24) is 4.90 Å². The number of carbonyl (C=O) groups is 1. The van der Waals surface area contributed by atoms with Gasteiger partial charge in [0.15, 0.2) is 0 Å². The number of hydrogen-bond donors (Lipinski definition) is 0. The third-order valence-corrected chi connectivity index (χ3v) is 3.37. The van der Waals surface area contributed by atoms with Gasteiger partial charge >= 0.3 is 0 Å². The molecule has 1 aromatic carbocycles. The first-order valence-corrected chi connectivity index (χ1v) is 5.81. The molecule has 0 aromatic heterocycles. The van der Waals surface area contributed by atoms with E-state index in [1.807, 2.05) is 0 Å². The fourth-order valence-electron chi connectivity index (χ4n) is 2.13. The van der Waals surface area contributed by atoms with E-state index in [1.54, 1.807) is 6.07 Å². The average molecular weight is 236 g/mol. The number of anilines is 1. The standard InChI is InChI=1S/C13H17FN2O/c1-10-8-16(4-3-15(10)2)13-6-11(9-17)5-12(14)7-13/h5-7,9-10H,3-4,8H2,1-2H3. The molecule has 2 rings (SSSR count). The molecular weight excluding hydrogens is 219 g/mol. The van der Waals surface area contributed by atoms with Gasteiger partial charge in [-0.15, -0.1) is 0 Å². The van der Waals surface area contributed by atoms with Crippen LogP contribution in [0.2, 0.25) is 0 Å². The quantitative estimate of drug-likeness (QED) is 0.731. The molecule has 1 unspecified atom stereocenters. The van der Waals surface area contributed by atoms with Crippen molar-refractivity contribution in [1.29, 1.82) is 0 Å². The Kier molecular flexibility index (Phi) is 3.43. The number of rotatable bonds is 2. The van der Waals surface area contributed by atoms with Crippen LogP contribution in [0.1, 0.15) is 17.3 Å². The summed E-state index contributed by atoms with van der Waals surface area (Å²) in [6.45, 7) is 4.82. The maximum Gasteiger partial charge on any atom is 0.150 e. The molecule has 0 saturated carbocycles. The third kappa shape index (κ3) is 2.64. The lowest BCUT2D eigenvalue weighted by Crippen LogP contribution is -2.50. The first-order chi connectivity index (χ1) is 8.10. The van der Waals surface area contributed by atoms with Crippen molar-refractivity contribution in [3.8, 4) is 0 Å². The van der Waals surface area contributed by atoms with Gasteiger partial charge in [-0.2, -0.15) is 0 Å². The van der Waals surface area contributed by atoms with E-state index >= 15 is 0 Å². The van der Waals surface area contributed by atoms with Crippen molar-refractivity contribution >= 4 is 12.0 Å². The van der Waals surface area contributed by atoms with Crippen LogP contribution in [0.25, 0.3) is 0 Å². The number of likely N-dealkylation sites (N-methyl/N-ethyl adjacent to an activating group) is 1. The van der Waals surface area contributed by atoms with E-state index in [0.717, 1.165) is 25.3 Å². The molecule has 17 heavy (non-hydrogen) atoms. The molecule has 1 heterocycles. The fourth-order valence-corrected chi connectivity index (χ4v) is 2.13. The molecule has 1 aromatic rings. The Morgan fingerprint density at radius 2 is 2.12 bits per heavy atom. The number of benzene rings is 1. The van der Waals surface area contributed by atoms with Gasteiger partial charge in [-0.1, -0.05) is 0 Å². The van der Waals surface area contributed by atoms with E-state index < -0.39 is 0 Å². The predicted molar refractivity (Wildman–Crippen MR) is 66.1 cm³/mol. The Morgan fingerprint density at radius 3 is 2.76 bits per heavy atom. The van der Waals surface area contributed by atoms with Crippen LogP contribution in [0.15, 0.2) is 18.2 Å². The van der Waals surface area contributed by atoms with Crippen molar-refractivity contribution in [2.45, 2.75) is 13.0 Å². The number of carbonyl (C=O) groups excluding carboxylic acids is 1. The summed E-state index contributed by atoms with van der Waals surface area (Å²) in [5, 5.41) is 0. The summed E-state index contributed by atoms with van der Waals surface area (Å²) in [5.74, 6) is -0.351. The SMILES string of the molecule is CC1CN(c2cc(F)cc(C=O)c2)CCN1C. The Balaban J connectivity index is 2.22. The topological polar surface area (TPSA) is 23.6 Å². The minimum atomic E-state index is -0.351. The van der Waals surface area contributed by atoms with Gasteiger partial charge in [0.2, 0.25) is 0 Å². The Morgan fingerprint density at radius 1 is 1.35 bits per heavy atom. The normalized spacial score (nSPS) is 21.6. The molecular formula is C13H17FN2O. The highest BCUT2D eigenvalue weighted by Gasteiger charge is 2.21. The molecule has 0 bridgehead atoms. The lowest BCUT2D eigenvalue weighted by molar-refractivity contribution is 0.112. The van der Waals surface area contributed by atoms with E-state index in [-0.39, 0.29) is 5.82 Å². The number of nitrogens with zero attached hydrogens (tertiary/aromatic N) is 2. The molecule has 4 heteroatoms. The van der Waals surface area contributed by atoms with Crippen molar-refractivity contribution in [3.05, 3.63) is 29.6 Å². The second kappa shape index (κ2) is 4.84. The lowest BCUT2D eigenvalue weighted by atomic mass is 10.1. The summed E-state index contributed by atoms with van der Waals surface area (Å²) < 4.78 is 13.3. The van der Waals surface area contributed by atoms with E-state index in [0.29, 0.717) is 17.9 Å². The van der Waals surface area contributed by atoms with Crippen LogP contribution in [0.3, 0.4) is 0 Å². The molecule has 0 aliphatic carbocycles. The van der Waals surface area contributed by atoms with Crippen molar-refractivity contribution < 1.29 is 9.18 Å².